The quantitative estimate of drug-likeness (QED) is 0.548. The summed E-state index contributed by atoms with van der Waals surface area (Å²) in [5.74, 6) is 0. The molecule has 0 aliphatic heterocycles. The molecular weight excluding hydrogens is 156 g/mol. The summed E-state index contributed by atoms with van der Waals surface area (Å²) in [4.78, 5) is 0. The van der Waals surface area contributed by atoms with Crippen LogP contribution in [0.3, 0.4) is 0 Å². The van der Waals surface area contributed by atoms with Gasteiger partial charge in [0.2, 0.25) is 0 Å². The van der Waals surface area contributed by atoms with Crippen LogP contribution in [0.15, 0.2) is 60.8 Å². The fourth-order valence-electron chi connectivity index (χ4n) is 0.740. The first-order valence-corrected chi connectivity index (χ1v) is 4.62. The molecule has 0 saturated carbocycles. The second-order valence-corrected chi connectivity index (χ2v) is 2.66. The first kappa shape index (κ1) is 11.7. The highest BCUT2D eigenvalue weighted by molar-refractivity contribution is 5.31. The van der Waals surface area contributed by atoms with Crippen LogP contribution in [-0.4, -0.2) is 0 Å². The van der Waals surface area contributed by atoms with E-state index in [1.165, 1.54) is 0 Å². The third-order valence-electron chi connectivity index (χ3n) is 1.41. The minimum absolute atomic E-state index is 1.01. The van der Waals surface area contributed by atoms with Crippen molar-refractivity contribution >= 4 is 0 Å². The lowest BCUT2D eigenvalue weighted by molar-refractivity contribution is 1.22. The van der Waals surface area contributed by atoms with Gasteiger partial charge in [0.05, 0.1) is 0 Å². The second kappa shape index (κ2) is 8.79. The molecule has 0 amide bonds. The van der Waals surface area contributed by atoms with Gasteiger partial charge in [-0.25, -0.2) is 0 Å². The van der Waals surface area contributed by atoms with Crippen molar-refractivity contribution in [3.8, 4) is 0 Å². The molecule has 0 saturated heterocycles. The zero-order valence-corrected chi connectivity index (χ0v) is 8.53. The Morgan fingerprint density at radius 3 is 2.23 bits per heavy atom. The molecule has 0 unspecified atom stereocenters. The summed E-state index contributed by atoms with van der Waals surface area (Å²) < 4.78 is 0. The Kier molecular flexibility index (Phi) is 7.91. The predicted molar refractivity (Wildman–Crippen MR) is 61.7 cm³/mol. The van der Waals surface area contributed by atoms with Crippen LogP contribution in [0.2, 0.25) is 0 Å². The molecule has 0 atom stereocenters. The molecule has 0 heterocycles. The average molecular weight is 174 g/mol. The van der Waals surface area contributed by atoms with Crippen molar-refractivity contribution in [3.05, 3.63) is 60.8 Å². The van der Waals surface area contributed by atoms with Crippen molar-refractivity contribution in [1.29, 1.82) is 0 Å². The van der Waals surface area contributed by atoms with Gasteiger partial charge < -0.3 is 0 Å². The number of hydrogen-bond acceptors (Lipinski definition) is 0. The fraction of sp³-hybridized carbons (Fsp3) is 0.231. The maximum absolute atomic E-state index is 3.88. The van der Waals surface area contributed by atoms with Gasteiger partial charge in [-0.15, -0.1) is 0 Å². The second-order valence-electron chi connectivity index (χ2n) is 2.66. The van der Waals surface area contributed by atoms with Crippen LogP contribution in [0.25, 0.3) is 0 Å². The smallest absolute Gasteiger partial charge is 0.0329 e. The van der Waals surface area contributed by atoms with Crippen molar-refractivity contribution < 1.29 is 0 Å². The first-order valence-electron chi connectivity index (χ1n) is 4.62. The van der Waals surface area contributed by atoms with E-state index in [2.05, 4.69) is 19.6 Å². The Morgan fingerprint density at radius 1 is 1.08 bits per heavy atom. The van der Waals surface area contributed by atoms with Crippen LogP contribution in [0.1, 0.15) is 20.3 Å². The maximum atomic E-state index is 3.88. The van der Waals surface area contributed by atoms with E-state index < -0.39 is 0 Å². The minimum Gasteiger partial charge on any atom is -0.0918 e. The van der Waals surface area contributed by atoms with Crippen LogP contribution in [0.4, 0.5) is 0 Å². The molecule has 0 aromatic heterocycles. The van der Waals surface area contributed by atoms with E-state index in [-0.39, 0.29) is 0 Å². The van der Waals surface area contributed by atoms with Crippen LogP contribution in [0.5, 0.6) is 0 Å². The molecular formula is C13H18. The summed E-state index contributed by atoms with van der Waals surface area (Å²) in [5.41, 5.74) is 1.01. The van der Waals surface area contributed by atoms with Crippen molar-refractivity contribution in [3.63, 3.8) is 0 Å². The van der Waals surface area contributed by atoms with Crippen molar-refractivity contribution in [1.82, 2.24) is 0 Å². The molecule has 0 aromatic carbocycles. The predicted octanol–water partition coefficient (Wildman–Crippen LogP) is 4.20. The third kappa shape index (κ3) is 8.61. The van der Waals surface area contributed by atoms with Crippen LogP contribution >= 0.6 is 0 Å². The number of allylic oxidation sites excluding steroid dienone is 9. The Morgan fingerprint density at radius 2 is 1.69 bits per heavy atom. The molecule has 0 aliphatic carbocycles. The molecule has 0 nitrogen and oxygen atoms in total. The van der Waals surface area contributed by atoms with E-state index in [0.29, 0.717) is 0 Å². The molecule has 13 heavy (non-hydrogen) atoms. The SMILES string of the molecule is C=C(/C=C\C=C/C)/C=C\C=C/CC. The van der Waals surface area contributed by atoms with Crippen LogP contribution in [-0.2, 0) is 0 Å². The molecule has 70 valence electrons. The Balaban J connectivity index is 3.86. The van der Waals surface area contributed by atoms with Crippen molar-refractivity contribution in [2.75, 3.05) is 0 Å². The standard InChI is InChI=1S/C13H18/c1-4-6-8-10-12-13(3)11-9-7-5-2/h5-12H,3-4H2,1-2H3/b7-5-,8-6-,11-9-,12-10-. The minimum atomic E-state index is 1.01. The Labute approximate surface area is 81.7 Å². The highest BCUT2D eigenvalue weighted by Crippen LogP contribution is 1.96. The largest absolute Gasteiger partial charge is 0.0918 e. The third-order valence-corrected chi connectivity index (χ3v) is 1.41. The number of rotatable bonds is 5. The maximum Gasteiger partial charge on any atom is -0.0329 e. The van der Waals surface area contributed by atoms with Crippen LogP contribution < -0.4 is 0 Å². The molecule has 0 rings (SSSR count). The zero-order valence-electron chi connectivity index (χ0n) is 8.53. The van der Waals surface area contributed by atoms with E-state index in [4.69, 9.17) is 0 Å². The Hall–Kier alpha value is -1.30. The van der Waals surface area contributed by atoms with Gasteiger partial charge in [0.15, 0.2) is 0 Å². The Bertz CT molecular complexity index is 237. The lowest BCUT2D eigenvalue weighted by atomic mass is 10.2. The van der Waals surface area contributed by atoms with Gasteiger partial charge in [-0.05, 0) is 18.9 Å². The summed E-state index contributed by atoms with van der Waals surface area (Å²) in [7, 11) is 0. The monoisotopic (exact) mass is 174 g/mol. The summed E-state index contributed by atoms with van der Waals surface area (Å²) >= 11 is 0. The lowest BCUT2D eigenvalue weighted by Crippen LogP contribution is -1.64. The normalized spacial score (nSPS) is 12.8. The highest BCUT2D eigenvalue weighted by atomic mass is 13.8. The lowest BCUT2D eigenvalue weighted by Gasteiger charge is -1.85. The molecule has 0 heteroatoms. The van der Waals surface area contributed by atoms with Crippen LogP contribution in [0, 0.1) is 0 Å². The van der Waals surface area contributed by atoms with E-state index in [1.807, 2.05) is 49.5 Å². The first-order chi connectivity index (χ1) is 6.31. The molecule has 0 spiro atoms. The molecule has 0 N–H and O–H groups in total. The van der Waals surface area contributed by atoms with E-state index in [9.17, 15) is 0 Å². The molecule has 0 aromatic rings. The fourth-order valence-corrected chi connectivity index (χ4v) is 0.740. The van der Waals surface area contributed by atoms with E-state index >= 15 is 0 Å². The average Bonchev–Trinajstić information content (AvgIpc) is 2.13. The zero-order chi connectivity index (χ0) is 9.94. The number of hydrogen-bond donors (Lipinski definition) is 0. The molecule has 0 radical (unpaired) electrons. The van der Waals surface area contributed by atoms with Gasteiger partial charge in [-0.2, -0.15) is 0 Å². The summed E-state index contributed by atoms with van der Waals surface area (Å²) in [5, 5.41) is 0. The molecule has 0 aliphatic rings. The van der Waals surface area contributed by atoms with Gasteiger partial charge in [0.1, 0.15) is 0 Å². The molecule has 0 bridgehead atoms. The van der Waals surface area contributed by atoms with Crippen molar-refractivity contribution in [2.45, 2.75) is 20.3 Å². The van der Waals surface area contributed by atoms with Gasteiger partial charge in [-0.3, -0.25) is 0 Å². The van der Waals surface area contributed by atoms with Gasteiger partial charge in [-0.1, -0.05) is 62.1 Å². The van der Waals surface area contributed by atoms with Gasteiger partial charge >= 0.3 is 0 Å². The summed E-state index contributed by atoms with van der Waals surface area (Å²) in [6, 6.07) is 0. The summed E-state index contributed by atoms with van der Waals surface area (Å²) in [6.45, 7) is 7.99. The topological polar surface area (TPSA) is 0 Å². The van der Waals surface area contributed by atoms with E-state index in [1.54, 1.807) is 0 Å². The van der Waals surface area contributed by atoms with E-state index in [0.717, 1.165) is 12.0 Å². The highest BCUT2D eigenvalue weighted by Gasteiger charge is 1.75. The van der Waals surface area contributed by atoms with Gasteiger partial charge in [0, 0.05) is 0 Å². The van der Waals surface area contributed by atoms with Gasteiger partial charge in [0.25, 0.3) is 0 Å². The van der Waals surface area contributed by atoms with Crippen molar-refractivity contribution in [2.24, 2.45) is 0 Å². The summed E-state index contributed by atoms with van der Waals surface area (Å²) in [6.07, 6.45) is 17.2. The molecule has 0 fully saturated rings.